The van der Waals surface area contributed by atoms with Gasteiger partial charge in [-0.05, 0) is 6.42 Å². The monoisotopic (exact) mass is 250 g/mol. The fourth-order valence-electron chi connectivity index (χ4n) is 1.16. The molecule has 0 radical (unpaired) electrons. The Bertz CT molecular complexity index is 301. The number of amides is 1. The molecule has 0 saturated carbocycles. The van der Waals surface area contributed by atoms with Gasteiger partial charge in [-0.15, -0.1) is 0 Å². The fraction of sp³-hybridized carbons (Fsp3) is 0.900. The molecule has 16 heavy (non-hydrogen) atoms. The maximum atomic E-state index is 11.4. The van der Waals surface area contributed by atoms with E-state index in [1.807, 2.05) is 6.92 Å². The fourth-order valence-corrected chi connectivity index (χ4v) is 1.86. The minimum absolute atomic E-state index is 0.0181. The molecular weight excluding hydrogens is 228 g/mol. The third kappa shape index (κ3) is 6.79. The van der Waals surface area contributed by atoms with Gasteiger partial charge in [-0.2, -0.15) is 0 Å². The minimum atomic E-state index is -3.01. The maximum Gasteiger partial charge on any atom is 0.236 e. The normalized spacial score (nSPS) is 13.4. The van der Waals surface area contributed by atoms with Crippen molar-refractivity contribution in [3.63, 3.8) is 0 Å². The number of hydrogen-bond donors (Lipinski definition) is 2. The zero-order valence-electron chi connectivity index (χ0n) is 10.0. The molecule has 1 atom stereocenters. The molecule has 0 bridgehead atoms. The van der Waals surface area contributed by atoms with E-state index >= 15 is 0 Å². The Hall–Kier alpha value is -0.620. The van der Waals surface area contributed by atoms with Crippen molar-refractivity contribution < 1.29 is 13.2 Å². The Morgan fingerprint density at radius 2 is 2.00 bits per heavy atom. The summed E-state index contributed by atoms with van der Waals surface area (Å²) in [5.74, 6) is -0.180. The average molecular weight is 250 g/mol. The lowest BCUT2D eigenvalue weighted by molar-refractivity contribution is -0.122. The second-order valence-corrected chi connectivity index (χ2v) is 6.25. The van der Waals surface area contributed by atoms with E-state index in [-0.39, 0.29) is 24.0 Å². The van der Waals surface area contributed by atoms with Gasteiger partial charge < -0.3 is 11.1 Å². The molecule has 0 saturated heterocycles. The molecule has 3 N–H and O–H groups in total. The molecule has 0 heterocycles. The standard InChI is InChI=1S/C10H22N2O3S/c1-3-5-6-9(11)10(13)12-7-8-16(14,15)4-2/h9H,3-8,11H2,1-2H3,(H,12,13). The van der Waals surface area contributed by atoms with E-state index in [1.54, 1.807) is 6.92 Å². The Morgan fingerprint density at radius 3 is 2.50 bits per heavy atom. The number of carbonyl (C=O) groups is 1. The summed E-state index contributed by atoms with van der Waals surface area (Å²) in [7, 11) is -3.01. The molecule has 0 aromatic rings. The third-order valence-electron chi connectivity index (χ3n) is 2.36. The molecule has 96 valence electrons. The van der Waals surface area contributed by atoms with Gasteiger partial charge in [0.05, 0.1) is 11.8 Å². The number of nitrogens with one attached hydrogen (secondary N) is 1. The van der Waals surface area contributed by atoms with Gasteiger partial charge in [0, 0.05) is 12.3 Å². The van der Waals surface area contributed by atoms with E-state index < -0.39 is 15.9 Å². The molecule has 0 aromatic carbocycles. The van der Waals surface area contributed by atoms with Gasteiger partial charge >= 0.3 is 0 Å². The van der Waals surface area contributed by atoms with Gasteiger partial charge in [-0.25, -0.2) is 8.42 Å². The molecule has 1 amide bonds. The highest BCUT2D eigenvalue weighted by atomic mass is 32.2. The first kappa shape index (κ1) is 15.4. The highest BCUT2D eigenvalue weighted by Crippen LogP contribution is 1.97. The van der Waals surface area contributed by atoms with Crippen LogP contribution < -0.4 is 11.1 Å². The summed E-state index contributed by atoms with van der Waals surface area (Å²) in [6, 6.07) is -0.524. The van der Waals surface area contributed by atoms with Gasteiger partial charge in [-0.1, -0.05) is 26.7 Å². The van der Waals surface area contributed by atoms with Crippen LogP contribution in [0.4, 0.5) is 0 Å². The number of sulfone groups is 1. The second-order valence-electron chi connectivity index (χ2n) is 3.78. The summed E-state index contributed by atoms with van der Waals surface area (Å²) >= 11 is 0. The summed E-state index contributed by atoms with van der Waals surface area (Å²) in [5, 5.41) is 2.54. The van der Waals surface area contributed by atoms with Crippen LogP contribution in [0.3, 0.4) is 0 Å². The van der Waals surface area contributed by atoms with Crippen LogP contribution in [0.15, 0.2) is 0 Å². The van der Waals surface area contributed by atoms with Crippen molar-refractivity contribution in [1.82, 2.24) is 5.32 Å². The van der Waals surface area contributed by atoms with Crippen LogP contribution in [0.5, 0.6) is 0 Å². The van der Waals surface area contributed by atoms with Gasteiger partial charge in [0.1, 0.15) is 0 Å². The van der Waals surface area contributed by atoms with Gasteiger partial charge in [0.15, 0.2) is 9.84 Å². The van der Waals surface area contributed by atoms with E-state index in [0.717, 1.165) is 12.8 Å². The summed E-state index contributed by atoms with van der Waals surface area (Å²) in [4.78, 5) is 11.4. The highest BCUT2D eigenvalue weighted by Gasteiger charge is 2.13. The Balaban J connectivity index is 3.81. The molecular formula is C10H22N2O3S. The summed E-state index contributed by atoms with van der Waals surface area (Å²) in [5.41, 5.74) is 5.62. The predicted molar refractivity (Wildman–Crippen MR) is 64.8 cm³/mol. The number of carbonyl (C=O) groups excluding carboxylic acids is 1. The van der Waals surface area contributed by atoms with Crippen LogP contribution in [-0.2, 0) is 14.6 Å². The molecule has 6 heteroatoms. The van der Waals surface area contributed by atoms with Crippen molar-refractivity contribution in [3.05, 3.63) is 0 Å². The molecule has 0 aliphatic heterocycles. The van der Waals surface area contributed by atoms with Crippen LogP contribution in [0.25, 0.3) is 0 Å². The van der Waals surface area contributed by atoms with Crippen molar-refractivity contribution in [1.29, 1.82) is 0 Å². The molecule has 0 aromatic heterocycles. The minimum Gasteiger partial charge on any atom is -0.354 e. The molecule has 0 fully saturated rings. The van der Waals surface area contributed by atoms with Crippen molar-refractivity contribution in [2.24, 2.45) is 5.73 Å². The molecule has 1 unspecified atom stereocenters. The van der Waals surface area contributed by atoms with Gasteiger partial charge in [-0.3, -0.25) is 4.79 Å². The lowest BCUT2D eigenvalue weighted by Gasteiger charge is -2.11. The number of hydrogen-bond acceptors (Lipinski definition) is 4. The number of nitrogens with two attached hydrogens (primary N) is 1. The van der Waals surface area contributed by atoms with E-state index in [0.29, 0.717) is 6.42 Å². The summed E-state index contributed by atoms with van der Waals surface area (Å²) in [6.07, 6.45) is 2.54. The highest BCUT2D eigenvalue weighted by molar-refractivity contribution is 7.91. The van der Waals surface area contributed by atoms with Crippen molar-refractivity contribution in [2.75, 3.05) is 18.1 Å². The molecule has 0 aliphatic carbocycles. The molecule has 0 aliphatic rings. The Labute approximate surface area is 97.7 Å². The third-order valence-corrected chi connectivity index (χ3v) is 4.06. The van der Waals surface area contributed by atoms with Gasteiger partial charge in [0.2, 0.25) is 5.91 Å². The first-order valence-electron chi connectivity index (χ1n) is 5.66. The van der Waals surface area contributed by atoms with E-state index in [2.05, 4.69) is 5.32 Å². The summed E-state index contributed by atoms with van der Waals surface area (Å²) in [6.45, 7) is 3.76. The largest absolute Gasteiger partial charge is 0.354 e. The van der Waals surface area contributed by atoms with E-state index in [4.69, 9.17) is 5.73 Å². The van der Waals surface area contributed by atoms with Crippen LogP contribution in [0.2, 0.25) is 0 Å². The van der Waals surface area contributed by atoms with Crippen LogP contribution in [0.1, 0.15) is 33.1 Å². The topological polar surface area (TPSA) is 89.3 Å². The molecule has 0 spiro atoms. The SMILES string of the molecule is CCCCC(N)C(=O)NCCS(=O)(=O)CC. The maximum absolute atomic E-state index is 11.4. The summed E-state index contributed by atoms with van der Waals surface area (Å²) < 4.78 is 22.3. The molecule has 5 nitrogen and oxygen atoms in total. The lowest BCUT2D eigenvalue weighted by Crippen LogP contribution is -2.42. The zero-order valence-corrected chi connectivity index (χ0v) is 10.8. The quantitative estimate of drug-likeness (QED) is 0.637. The first-order valence-corrected chi connectivity index (χ1v) is 7.48. The van der Waals surface area contributed by atoms with Crippen LogP contribution in [0, 0.1) is 0 Å². The number of unbranched alkanes of at least 4 members (excludes halogenated alkanes) is 1. The Morgan fingerprint density at radius 1 is 1.38 bits per heavy atom. The van der Waals surface area contributed by atoms with Gasteiger partial charge in [0.25, 0.3) is 0 Å². The van der Waals surface area contributed by atoms with E-state index in [9.17, 15) is 13.2 Å². The van der Waals surface area contributed by atoms with Crippen molar-refractivity contribution in [2.45, 2.75) is 39.2 Å². The molecule has 0 rings (SSSR count). The zero-order chi connectivity index (χ0) is 12.6. The lowest BCUT2D eigenvalue weighted by atomic mass is 10.1. The first-order chi connectivity index (χ1) is 7.43. The average Bonchev–Trinajstić information content (AvgIpc) is 2.25. The van der Waals surface area contributed by atoms with Crippen LogP contribution >= 0.6 is 0 Å². The van der Waals surface area contributed by atoms with E-state index in [1.165, 1.54) is 0 Å². The second kappa shape index (κ2) is 7.62. The van der Waals surface area contributed by atoms with Crippen LogP contribution in [-0.4, -0.2) is 38.4 Å². The van der Waals surface area contributed by atoms with Crippen molar-refractivity contribution in [3.8, 4) is 0 Å². The number of rotatable bonds is 8. The Kier molecular flexibility index (Phi) is 7.33. The van der Waals surface area contributed by atoms with Crippen molar-refractivity contribution >= 4 is 15.7 Å². The predicted octanol–water partition coefficient (Wildman–Crippen LogP) is 0.0548. The smallest absolute Gasteiger partial charge is 0.236 e.